The number of nitrogens with one attached hydrogen (secondary N) is 2. The van der Waals surface area contributed by atoms with Crippen molar-refractivity contribution in [2.24, 2.45) is 5.92 Å². The molecule has 7 nitrogen and oxygen atoms in total. The van der Waals surface area contributed by atoms with Gasteiger partial charge in [-0.3, -0.25) is 9.69 Å². The molecular formula is C33H35Cl2FN4O3. The zero-order valence-corrected chi connectivity index (χ0v) is 26.0. The molecule has 1 unspecified atom stereocenters. The number of anilines is 2. The van der Waals surface area contributed by atoms with Crippen molar-refractivity contribution in [1.29, 1.82) is 0 Å². The minimum absolute atomic E-state index is 0.0164. The van der Waals surface area contributed by atoms with E-state index in [-0.39, 0.29) is 35.0 Å². The van der Waals surface area contributed by atoms with Gasteiger partial charge in [-0.1, -0.05) is 61.3 Å². The first-order valence-corrected chi connectivity index (χ1v) is 15.3. The average molecular weight is 626 g/mol. The van der Waals surface area contributed by atoms with E-state index >= 15 is 4.39 Å². The number of benzene rings is 3. The summed E-state index contributed by atoms with van der Waals surface area (Å²) in [6.07, 6.45) is 1.03. The Morgan fingerprint density at radius 1 is 1.19 bits per heavy atom. The number of carbonyl (C=O) groups excluding carboxylic acids is 2. The monoisotopic (exact) mass is 624 g/mol. The third kappa shape index (κ3) is 4.79. The fraction of sp³-hybridized carbons (Fsp3) is 0.394. The van der Waals surface area contributed by atoms with Gasteiger partial charge in [0.25, 0.3) is 0 Å². The minimum Gasteiger partial charge on any atom is -0.465 e. The number of halogens is 3. The van der Waals surface area contributed by atoms with Gasteiger partial charge in [-0.05, 0) is 65.8 Å². The number of amides is 1. The molecule has 1 amide bonds. The van der Waals surface area contributed by atoms with Gasteiger partial charge in [-0.2, -0.15) is 0 Å². The van der Waals surface area contributed by atoms with Crippen LogP contribution in [0.1, 0.15) is 64.8 Å². The summed E-state index contributed by atoms with van der Waals surface area (Å²) < 4.78 is 20.9. The van der Waals surface area contributed by atoms with Gasteiger partial charge in [0.05, 0.1) is 17.7 Å². The molecule has 4 N–H and O–H groups in total. The Morgan fingerprint density at radius 2 is 1.95 bits per heavy atom. The predicted molar refractivity (Wildman–Crippen MR) is 167 cm³/mol. The molecule has 0 aromatic heterocycles. The van der Waals surface area contributed by atoms with Crippen LogP contribution in [0.5, 0.6) is 0 Å². The number of carbonyl (C=O) groups is 2. The number of methoxy groups -OCH3 is 1. The quantitative estimate of drug-likeness (QED) is 0.229. The maximum Gasteiger partial charge on any atom is 0.338 e. The molecule has 226 valence electrons. The first kappa shape index (κ1) is 29.9. The van der Waals surface area contributed by atoms with Gasteiger partial charge < -0.3 is 21.1 Å². The molecule has 0 bridgehead atoms. The van der Waals surface area contributed by atoms with Gasteiger partial charge in [0.15, 0.2) is 0 Å². The number of hydrogen-bond donors (Lipinski definition) is 3. The van der Waals surface area contributed by atoms with E-state index in [4.69, 9.17) is 33.7 Å². The van der Waals surface area contributed by atoms with Crippen LogP contribution in [-0.4, -0.2) is 48.1 Å². The lowest BCUT2D eigenvalue weighted by Gasteiger charge is -2.47. The summed E-state index contributed by atoms with van der Waals surface area (Å²) in [5.74, 6) is -1.49. The van der Waals surface area contributed by atoms with Crippen LogP contribution in [0.3, 0.4) is 0 Å². The van der Waals surface area contributed by atoms with Gasteiger partial charge in [0.1, 0.15) is 11.4 Å². The zero-order chi connectivity index (χ0) is 30.8. The lowest BCUT2D eigenvalue weighted by Crippen LogP contribution is -2.62. The number of aryl methyl sites for hydroxylation is 1. The fourth-order valence-corrected chi connectivity index (χ4v) is 7.97. The number of likely N-dealkylation sites (tertiary alicyclic amines) is 1. The van der Waals surface area contributed by atoms with Crippen molar-refractivity contribution in [1.82, 2.24) is 10.2 Å². The van der Waals surface area contributed by atoms with E-state index in [9.17, 15) is 9.59 Å². The molecule has 3 heterocycles. The number of nitrogen functional groups attached to an aromatic ring is 1. The van der Waals surface area contributed by atoms with Crippen LogP contribution < -0.4 is 16.4 Å². The summed E-state index contributed by atoms with van der Waals surface area (Å²) in [6, 6.07) is 13.5. The summed E-state index contributed by atoms with van der Waals surface area (Å²) in [4.78, 5) is 29.0. The number of esters is 1. The molecule has 43 heavy (non-hydrogen) atoms. The van der Waals surface area contributed by atoms with Crippen molar-refractivity contribution >= 4 is 46.5 Å². The van der Waals surface area contributed by atoms with Crippen molar-refractivity contribution in [2.45, 2.75) is 63.2 Å². The van der Waals surface area contributed by atoms with Crippen LogP contribution in [0.15, 0.2) is 48.5 Å². The maximum absolute atomic E-state index is 16.0. The van der Waals surface area contributed by atoms with Crippen LogP contribution >= 0.6 is 23.2 Å². The second kappa shape index (κ2) is 11.1. The number of ether oxygens (including phenoxy) is 1. The van der Waals surface area contributed by atoms with E-state index in [1.807, 2.05) is 25.1 Å². The first-order chi connectivity index (χ1) is 20.5. The van der Waals surface area contributed by atoms with Crippen molar-refractivity contribution in [3.8, 4) is 0 Å². The molecule has 3 aromatic carbocycles. The second-order valence-corrected chi connectivity index (χ2v) is 13.2. The van der Waals surface area contributed by atoms with E-state index < -0.39 is 23.2 Å². The molecule has 0 saturated carbocycles. The van der Waals surface area contributed by atoms with Crippen LogP contribution in [0.25, 0.3) is 0 Å². The molecule has 3 aromatic rings. The summed E-state index contributed by atoms with van der Waals surface area (Å²) in [5, 5.41) is 7.45. The predicted octanol–water partition coefficient (Wildman–Crippen LogP) is 6.27. The van der Waals surface area contributed by atoms with Crippen molar-refractivity contribution < 1.29 is 18.7 Å². The molecule has 5 atom stereocenters. The largest absolute Gasteiger partial charge is 0.465 e. The Morgan fingerprint density at radius 3 is 2.67 bits per heavy atom. The number of nitrogens with two attached hydrogens (primary N) is 1. The third-order valence-electron chi connectivity index (χ3n) is 9.33. The molecule has 0 radical (unpaired) electrons. The van der Waals surface area contributed by atoms with E-state index in [1.54, 1.807) is 24.3 Å². The van der Waals surface area contributed by atoms with Crippen molar-refractivity contribution in [3.05, 3.63) is 92.2 Å². The Labute approximate surface area is 260 Å². The molecule has 2 saturated heterocycles. The number of nitrogens with zero attached hydrogens (tertiary/aromatic N) is 1. The number of rotatable bonds is 5. The van der Waals surface area contributed by atoms with Gasteiger partial charge in [-0.25, -0.2) is 9.18 Å². The zero-order valence-electron chi connectivity index (χ0n) is 24.5. The summed E-state index contributed by atoms with van der Waals surface area (Å²) in [6.45, 7) is 6.72. The van der Waals surface area contributed by atoms with E-state index in [0.29, 0.717) is 46.9 Å². The van der Waals surface area contributed by atoms with Crippen LogP contribution in [-0.2, 0) is 16.0 Å². The number of fused-ring (bicyclic) bond motifs is 2. The Balaban J connectivity index is 1.50. The molecule has 10 heteroatoms. The molecule has 0 aliphatic carbocycles. The first-order valence-electron chi connectivity index (χ1n) is 14.5. The van der Waals surface area contributed by atoms with Crippen molar-refractivity contribution in [3.63, 3.8) is 0 Å². The lowest BCUT2D eigenvalue weighted by molar-refractivity contribution is -0.129. The Kier molecular flexibility index (Phi) is 7.70. The van der Waals surface area contributed by atoms with Crippen molar-refractivity contribution in [2.75, 3.05) is 24.7 Å². The van der Waals surface area contributed by atoms with Crippen LogP contribution in [0, 0.1) is 18.7 Å². The topological polar surface area (TPSA) is 96.7 Å². The Bertz CT molecular complexity index is 1630. The van der Waals surface area contributed by atoms with E-state index in [2.05, 4.69) is 29.4 Å². The fourth-order valence-electron chi connectivity index (χ4n) is 7.61. The molecule has 2 fully saturated rings. The van der Waals surface area contributed by atoms with Gasteiger partial charge in [-0.15, -0.1) is 0 Å². The molecular weight excluding hydrogens is 590 g/mol. The normalized spacial score (nSPS) is 26.5. The summed E-state index contributed by atoms with van der Waals surface area (Å²) >= 11 is 12.6. The lowest BCUT2D eigenvalue weighted by atomic mass is 9.71. The Hall–Kier alpha value is -3.17. The molecule has 1 spiro atoms. The highest BCUT2D eigenvalue weighted by Crippen LogP contribution is 2.56. The standard InChI is InChI=1S/C33H35Cl2FN4O3/c1-16(2)15-40-27-13-26(22-10-17(3)21(12-24(22)37)31(41)43-4)38-30(27)28(20-6-5-7-23(35)29(20)36)33(40)14-18-8-9-19(34)11-25(18)39-32(33)42/h5-12,16,26-28,30,38H,13-15,37H2,1-4H3,(H,39,42)/t26?,27-,28-,30+,33+/m0/s1. The second-order valence-electron chi connectivity index (χ2n) is 12.4. The van der Waals surface area contributed by atoms with Gasteiger partial charge >= 0.3 is 5.97 Å². The summed E-state index contributed by atoms with van der Waals surface area (Å²) in [5.41, 5.74) is 9.97. The molecule has 3 aliphatic heterocycles. The smallest absolute Gasteiger partial charge is 0.338 e. The van der Waals surface area contributed by atoms with E-state index in [1.165, 1.54) is 13.2 Å². The number of hydrogen-bond acceptors (Lipinski definition) is 6. The van der Waals surface area contributed by atoms with Gasteiger partial charge in [0.2, 0.25) is 5.91 Å². The van der Waals surface area contributed by atoms with Crippen LogP contribution in [0.4, 0.5) is 15.8 Å². The SMILES string of the molecule is COC(=O)c1cc(N)c(C2C[C@H]3[C@@H](N2)[C@H](c2cccc(Cl)c2F)[C@@]2(Cc4ccc(Cl)cc4NC2=O)N3CC(C)C)cc1C. The minimum atomic E-state index is -1.08. The van der Waals surface area contributed by atoms with E-state index in [0.717, 1.165) is 16.7 Å². The summed E-state index contributed by atoms with van der Waals surface area (Å²) in [7, 11) is 1.34. The van der Waals surface area contributed by atoms with Crippen LogP contribution in [0.2, 0.25) is 10.0 Å². The highest BCUT2D eigenvalue weighted by molar-refractivity contribution is 6.31. The molecule has 6 rings (SSSR count). The average Bonchev–Trinajstić information content (AvgIpc) is 3.48. The third-order valence-corrected chi connectivity index (χ3v) is 9.86. The molecule has 3 aliphatic rings. The maximum atomic E-state index is 16.0. The highest BCUT2D eigenvalue weighted by Gasteiger charge is 2.66. The highest BCUT2D eigenvalue weighted by atomic mass is 35.5. The van der Waals surface area contributed by atoms with Gasteiger partial charge in [0, 0.05) is 53.4 Å².